The Hall–Kier alpha value is -2.98. The van der Waals surface area contributed by atoms with Crippen molar-refractivity contribution in [1.82, 2.24) is 0 Å². The summed E-state index contributed by atoms with van der Waals surface area (Å²) in [5.74, 6) is 1.09. The second kappa shape index (κ2) is 7.28. The third-order valence-electron chi connectivity index (χ3n) is 3.58. The van der Waals surface area contributed by atoms with Crippen molar-refractivity contribution in [3.8, 4) is 23.5 Å². The van der Waals surface area contributed by atoms with Gasteiger partial charge < -0.3 is 4.42 Å². The molecule has 3 nitrogen and oxygen atoms in total. The van der Waals surface area contributed by atoms with Crippen molar-refractivity contribution in [3.63, 3.8) is 0 Å². The van der Waals surface area contributed by atoms with Crippen LogP contribution in [0.5, 0.6) is 0 Å². The molecule has 1 heterocycles. The number of furan rings is 1. The van der Waals surface area contributed by atoms with E-state index in [0.717, 1.165) is 0 Å². The summed E-state index contributed by atoms with van der Waals surface area (Å²) in [6.07, 6.45) is 1.64. The molecule has 0 N–H and O–H groups in total. The number of nitrogens with zero attached hydrogens (tertiary/aromatic N) is 2. The van der Waals surface area contributed by atoms with Crippen molar-refractivity contribution in [2.45, 2.75) is 0 Å². The molecule has 0 aliphatic rings. The Balaban J connectivity index is 1.95. The monoisotopic (exact) mass is 364 g/mol. The zero-order valence-electron chi connectivity index (χ0n) is 12.8. The molecule has 0 amide bonds. The van der Waals surface area contributed by atoms with E-state index in [1.165, 1.54) is 0 Å². The molecule has 2 aromatic carbocycles. The highest BCUT2D eigenvalue weighted by atomic mass is 35.5. The van der Waals surface area contributed by atoms with Crippen molar-refractivity contribution < 1.29 is 4.42 Å². The Morgan fingerprint density at radius 1 is 0.960 bits per heavy atom. The van der Waals surface area contributed by atoms with Gasteiger partial charge in [-0.1, -0.05) is 41.4 Å². The maximum absolute atomic E-state index is 9.41. The summed E-state index contributed by atoms with van der Waals surface area (Å²) < 4.78 is 5.78. The third-order valence-corrected chi connectivity index (χ3v) is 4.39. The summed E-state index contributed by atoms with van der Waals surface area (Å²) in [6, 6.07) is 19.8. The predicted molar refractivity (Wildman–Crippen MR) is 98.8 cm³/mol. The van der Waals surface area contributed by atoms with Gasteiger partial charge >= 0.3 is 0 Å². The number of hydrogen-bond donors (Lipinski definition) is 0. The fraction of sp³-hybridized carbons (Fsp3) is 0. The van der Waals surface area contributed by atoms with Crippen LogP contribution in [-0.4, -0.2) is 0 Å². The Labute approximate surface area is 155 Å². The van der Waals surface area contributed by atoms with Crippen molar-refractivity contribution in [2.24, 2.45) is 0 Å². The van der Waals surface area contributed by atoms with Crippen molar-refractivity contribution >= 4 is 34.9 Å². The Kier molecular flexibility index (Phi) is 4.91. The number of benzene rings is 2. The molecule has 0 fully saturated rings. The van der Waals surface area contributed by atoms with Gasteiger partial charge in [0.25, 0.3) is 0 Å². The number of allylic oxidation sites excluding steroid dienone is 1. The lowest BCUT2D eigenvalue weighted by molar-refractivity contribution is 0.572. The lowest BCUT2D eigenvalue weighted by atomic mass is 10.0. The highest BCUT2D eigenvalue weighted by molar-refractivity contribution is 6.43. The van der Waals surface area contributed by atoms with Crippen LogP contribution in [0, 0.1) is 22.7 Å². The molecule has 0 atom stereocenters. The Bertz CT molecular complexity index is 1030. The van der Waals surface area contributed by atoms with E-state index in [9.17, 15) is 5.26 Å². The topological polar surface area (TPSA) is 60.7 Å². The second-order valence-corrected chi connectivity index (χ2v) is 5.95. The van der Waals surface area contributed by atoms with Crippen molar-refractivity contribution in [3.05, 3.63) is 81.5 Å². The minimum Gasteiger partial charge on any atom is -0.457 e. The van der Waals surface area contributed by atoms with Crippen LogP contribution in [0.3, 0.4) is 0 Å². The van der Waals surface area contributed by atoms with E-state index >= 15 is 0 Å². The van der Waals surface area contributed by atoms with Crippen LogP contribution in [0.1, 0.15) is 16.9 Å². The summed E-state index contributed by atoms with van der Waals surface area (Å²) in [5.41, 5.74) is 2.37. The maximum atomic E-state index is 9.41. The standard InChI is InChI=1S/C20H10Cl2N2O/c21-18-3-1-2-17(20(18)22)19-9-8-16(25-19)10-15(12-24)14-6-4-13(11-23)5-7-14/h1-10H/b15-10+. The van der Waals surface area contributed by atoms with Crippen LogP contribution in [0.25, 0.3) is 23.0 Å². The summed E-state index contributed by atoms with van der Waals surface area (Å²) in [4.78, 5) is 0. The number of rotatable bonds is 3. The van der Waals surface area contributed by atoms with Crippen LogP contribution in [0.15, 0.2) is 59.0 Å². The van der Waals surface area contributed by atoms with Gasteiger partial charge in [0.1, 0.15) is 11.5 Å². The molecule has 0 aliphatic carbocycles. The summed E-state index contributed by atoms with van der Waals surface area (Å²) >= 11 is 12.2. The summed E-state index contributed by atoms with van der Waals surface area (Å²) in [5, 5.41) is 19.1. The van der Waals surface area contributed by atoms with Crippen molar-refractivity contribution in [2.75, 3.05) is 0 Å². The van der Waals surface area contributed by atoms with Crippen LogP contribution in [0.4, 0.5) is 0 Å². The van der Waals surface area contributed by atoms with Gasteiger partial charge in [0.15, 0.2) is 0 Å². The smallest absolute Gasteiger partial charge is 0.136 e. The van der Waals surface area contributed by atoms with Gasteiger partial charge in [-0.25, -0.2) is 0 Å². The van der Waals surface area contributed by atoms with E-state index in [1.54, 1.807) is 54.6 Å². The first kappa shape index (κ1) is 16.9. The van der Waals surface area contributed by atoms with Gasteiger partial charge in [-0.3, -0.25) is 0 Å². The summed E-state index contributed by atoms with van der Waals surface area (Å²) in [7, 11) is 0. The van der Waals surface area contributed by atoms with Crippen LogP contribution < -0.4 is 0 Å². The number of halogens is 2. The Morgan fingerprint density at radius 2 is 1.72 bits per heavy atom. The first-order chi connectivity index (χ1) is 12.1. The first-order valence-corrected chi connectivity index (χ1v) is 8.04. The number of nitriles is 2. The molecule has 120 valence electrons. The van der Waals surface area contributed by atoms with E-state index in [4.69, 9.17) is 32.9 Å². The molecule has 0 saturated heterocycles. The molecule has 0 saturated carbocycles. The van der Waals surface area contributed by atoms with E-state index in [1.807, 2.05) is 12.1 Å². The molecule has 0 spiro atoms. The number of hydrogen-bond acceptors (Lipinski definition) is 3. The fourth-order valence-corrected chi connectivity index (χ4v) is 2.71. The molecular formula is C20H10Cl2N2O. The van der Waals surface area contributed by atoms with Gasteiger partial charge in [0.2, 0.25) is 0 Å². The minimum atomic E-state index is 0.418. The molecule has 3 rings (SSSR count). The third kappa shape index (κ3) is 3.59. The fourth-order valence-electron chi connectivity index (χ4n) is 2.32. The SMILES string of the molecule is N#C/C(=C\c1ccc(-c2cccc(Cl)c2Cl)o1)c1ccc(C#N)cc1. The minimum absolute atomic E-state index is 0.418. The molecule has 0 bridgehead atoms. The van der Waals surface area contributed by atoms with Crippen LogP contribution in [0.2, 0.25) is 10.0 Å². The highest BCUT2D eigenvalue weighted by Gasteiger charge is 2.11. The van der Waals surface area contributed by atoms with E-state index in [-0.39, 0.29) is 0 Å². The molecule has 3 aromatic rings. The van der Waals surface area contributed by atoms with E-state index in [2.05, 4.69) is 6.07 Å². The molecule has 0 unspecified atom stereocenters. The average molecular weight is 365 g/mol. The molecule has 1 aromatic heterocycles. The molecule has 5 heteroatoms. The average Bonchev–Trinajstić information content (AvgIpc) is 3.10. The predicted octanol–water partition coefficient (Wildman–Crippen LogP) is 6.19. The van der Waals surface area contributed by atoms with Crippen LogP contribution >= 0.6 is 23.2 Å². The zero-order valence-corrected chi connectivity index (χ0v) is 14.3. The Morgan fingerprint density at radius 3 is 2.40 bits per heavy atom. The summed E-state index contributed by atoms with van der Waals surface area (Å²) in [6.45, 7) is 0. The highest BCUT2D eigenvalue weighted by Crippen LogP contribution is 2.34. The van der Waals surface area contributed by atoms with E-state index < -0.39 is 0 Å². The second-order valence-electron chi connectivity index (χ2n) is 5.16. The van der Waals surface area contributed by atoms with Gasteiger partial charge in [-0.2, -0.15) is 10.5 Å². The molecule has 25 heavy (non-hydrogen) atoms. The zero-order chi connectivity index (χ0) is 17.8. The lowest BCUT2D eigenvalue weighted by Crippen LogP contribution is -1.82. The molecular weight excluding hydrogens is 355 g/mol. The van der Waals surface area contributed by atoms with E-state index in [0.29, 0.717) is 43.8 Å². The molecule has 0 radical (unpaired) electrons. The lowest BCUT2D eigenvalue weighted by Gasteiger charge is -2.02. The molecule has 0 aliphatic heterocycles. The van der Waals surface area contributed by atoms with Gasteiger partial charge in [0.05, 0.1) is 33.3 Å². The largest absolute Gasteiger partial charge is 0.457 e. The normalized spacial score (nSPS) is 11.0. The van der Waals surface area contributed by atoms with Crippen molar-refractivity contribution in [1.29, 1.82) is 10.5 Å². The van der Waals surface area contributed by atoms with Crippen LogP contribution in [-0.2, 0) is 0 Å². The van der Waals surface area contributed by atoms with Gasteiger partial charge in [-0.05, 0) is 48.0 Å². The quantitative estimate of drug-likeness (QED) is 0.520. The first-order valence-electron chi connectivity index (χ1n) is 7.29. The van der Waals surface area contributed by atoms with Gasteiger partial charge in [-0.15, -0.1) is 0 Å². The maximum Gasteiger partial charge on any atom is 0.136 e. The van der Waals surface area contributed by atoms with Gasteiger partial charge in [0, 0.05) is 5.56 Å².